The lowest BCUT2D eigenvalue weighted by Gasteiger charge is -2.16. The van der Waals surface area contributed by atoms with E-state index in [-0.39, 0.29) is 12.6 Å². The summed E-state index contributed by atoms with van der Waals surface area (Å²) in [6, 6.07) is 5.68. The van der Waals surface area contributed by atoms with Crippen molar-refractivity contribution < 1.29 is 9.84 Å². The molecule has 0 spiro atoms. The van der Waals surface area contributed by atoms with Gasteiger partial charge in [0.05, 0.1) is 13.7 Å². The van der Waals surface area contributed by atoms with Crippen LogP contribution in [0.3, 0.4) is 0 Å². The van der Waals surface area contributed by atoms with E-state index in [4.69, 9.17) is 10.5 Å². The van der Waals surface area contributed by atoms with Gasteiger partial charge in [0.25, 0.3) is 0 Å². The van der Waals surface area contributed by atoms with E-state index in [0.717, 1.165) is 53.3 Å². The van der Waals surface area contributed by atoms with Crippen LogP contribution in [0.1, 0.15) is 42.1 Å². The Kier molecular flexibility index (Phi) is 6.37. The molecule has 2 rings (SSSR count). The molecule has 6 heteroatoms. The van der Waals surface area contributed by atoms with Gasteiger partial charge in [-0.3, -0.25) is 0 Å². The molecule has 2 aromatic rings. The van der Waals surface area contributed by atoms with Crippen LogP contribution in [0.4, 0.5) is 11.8 Å². The molecule has 24 heavy (non-hydrogen) atoms. The number of nitrogens with two attached hydrogens (primary N) is 1. The standard InChI is InChI=1S/C18H26N4O2/c1-4-5-8-20-17-15(12(2)21-18(19)22-17)10-14-9-13(11-23)6-7-16(14)24-3/h6-7,9,23H,4-5,8,10-11H2,1-3H3,(H3,19,20,21,22). The van der Waals surface area contributed by atoms with Gasteiger partial charge in [-0.25, -0.2) is 4.98 Å². The van der Waals surface area contributed by atoms with Crippen LogP contribution in [-0.4, -0.2) is 28.7 Å². The highest BCUT2D eigenvalue weighted by Crippen LogP contribution is 2.27. The minimum Gasteiger partial charge on any atom is -0.496 e. The van der Waals surface area contributed by atoms with Crippen molar-refractivity contribution >= 4 is 11.8 Å². The topological polar surface area (TPSA) is 93.3 Å². The van der Waals surface area contributed by atoms with Crippen LogP contribution in [-0.2, 0) is 13.0 Å². The number of nitrogens with one attached hydrogen (secondary N) is 1. The molecule has 1 aromatic heterocycles. The lowest BCUT2D eigenvalue weighted by molar-refractivity contribution is 0.281. The maximum absolute atomic E-state index is 9.39. The van der Waals surface area contributed by atoms with Crippen molar-refractivity contribution in [2.45, 2.75) is 39.7 Å². The highest BCUT2D eigenvalue weighted by molar-refractivity contribution is 5.53. The third kappa shape index (κ3) is 4.35. The van der Waals surface area contributed by atoms with Crippen LogP contribution >= 0.6 is 0 Å². The molecule has 1 aromatic carbocycles. The average molecular weight is 330 g/mol. The zero-order valence-electron chi connectivity index (χ0n) is 14.6. The number of aliphatic hydroxyl groups excluding tert-OH is 1. The van der Waals surface area contributed by atoms with Crippen LogP contribution in [0.5, 0.6) is 5.75 Å². The minimum absolute atomic E-state index is 0.00415. The first-order valence-corrected chi connectivity index (χ1v) is 8.22. The largest absolute Gasteiger partial charge is 0.496 e. The number of aryl methyl sites for hydroxylation is 1. The Morgan fingerprint density at radius 2 is 2.08 bits per heavy atom. The summed E-state index contributed by atoms with van der Waals surface area (Å²) in [5, 5.41) is 12.7. The molecule has 0 saturated heterocycles. The molecular weight excluding hydrogens is 304 g/mol. The van der Waals surface area contributed by atoms with Gasteiger partial charge < -0.3 is 20.9 Å². The fraction of sp³-hybridized carbons (Fsp3) is 0.444. The van der Waals surface area contributed by atoms with Gasteiger partial charge in [-0.05, 0) is 36.6 Å². The van der Waals surface area contributed by atoms with Crippen LogP contribution in [0.2, 0.25) is 0 Å². The van der Waals surface area contributed by atoms with Crippen LogP contribution in [0.15, 0.2) is 18.2 Å². The maximum atomic E-state index is 9.39. The number of aliphatic hydroxyl groups is 1. The molecule has 6 nitrogen and oxygen atoms in total. The number of hydrogen-bond acceptors (Lipinski definition) is 6. The van der Waals surface area contributed by atoms with E-state index in [9.17, 15) is 5.11 Å². The molecule has 0 atom stereocenters. The van der Waals surface area contributed by atoms with Crippen LogP contribution < -0.4 is 15.8 Å². The van der Waals surface area contributed by atoms with Gasteiger partial charge in [0, 0.05) is 24.2 Å². The van der Waals surface area contributed by atoms with Crippen molar-refractivity contribution in [2.75, 3.05) is 24.7 Å². The van der Waals surface area contributed by atoms with Gasteiger partial charge in [-0.1, -0.05) is 19.4 Å². The molecule has 0 aliphatic carbocycles. The molecule has 4 N–H and O–H groups in total. The molecule has 0 amide bonds. The van der Waals surface area contributed by atoms with Crippen molar-refractivity contribution in [3.8, 4) is 5.75 Å². The lowest BCUT2D eigenvalue weighted by Crippen LogP contribution is -2.11. The second-order valence-electron chi connectivity index (χ2n) is 5.76. The molecule has 1 heterocycles. The lowest BCUT2D eigenvalue weighted by atomic mass is 10.0. The number of nitrogens with zero attached hydrogens (tertiary/aromatic N) is 2. The summed E-state index contributed by atoms with van der Waals surface area (Å²) in [5.74, 6) is 1.82. The molecule has 130 valence electrons. The van der Waals surface area contributed by atoms with Gasteiger partial charge in [-0.2, -0.15) is 4.98 Å². The van der Waals surface area contributed by atoms with Crippen LogP contribution in [0.25, 0.3) is 0 Å². The van der Waals surface area contributed by atoms with E-state index < -0.39 is 0 Å². The molecule has 0 radical (unpaired) electrons. The molecule has 0 saturated carbocycles. The number of nitrogen functional groups attached to an aromatic ring is 1. The van der Waals surface area contributed by atoms with Crippen molar-refractivity contribution in [1.29, 1.82) is 0 Å². The third-order valence-electron chi connectivity index (χ3n) is 3.95. The number of anilines is 2. The summed E-state index contributed by atoms with van der Waals surface area (Å²) in [4.78, 5) is 8.66. The molecule has 0 aliphatic heterocycles. The van der Waals surface area contributed by atoms with Crippen molar-refractivity contribution in [2.24, 2.45) is 0 Å². The Morgan fingerprint density at radius 3 is 2.75 bits per heavy atom. The van der Waals surface area contributed by atoms with Crippen LogP contribution in [0, 0.1) is 6.92 Å². The number of ether oxygens (including phenoxy) is 1. The number of benzene rings is 1. The number of methoxy groups -OCH3 is 1. The molecule has 0 fully saturated rings. The second-order valence-corrected chi connectivity index (χ2v) is 5.76. The maximum Gasteiger partial charge on any atom is 0.222 e. The fourth-order valence-electron chi connectivity index (χ4n) is 2.62. The van der Waals surface area contributed by atoms with E-state index in [1.54, 1.807) is 7.11 Å². The highest BCUT2D eigenvalue weighted by atomic mass is 16.5. The first-order valence-electron chi connectivity index (χ1n) is 8.22. The molecule has 0 bridgehead atoms. The SMILES string of the molecule is CCCCNc1nc(N)nc(C)c1Cc1cc(CO)ccc1OC. The average Bonchev–Trinajstić information content (AvgIpc) is 2.57. The van der Waals surface area contributed by atoms with E-state index in [1.165, 1.54) is 0 Å². The number of aromatic nitrogens is 2. The molecule has 0 aliphatic rings. The normalized spacial score (nSPS) is 10.7. The highest BCUT2D eigenvalue weighted by Gasteiger charge is 2.14. The Bertz CT molecular complexity index is 689. The zero-order valence-corrected chi connectivity index (χ0v) is 14.6. The van der Waals surface area contributed by atoms with Crippen molar-refractivity contribution in [3.05, 3.63) is 40.6 Å². The minimum atomic E-state index is -0.00415. The summed E-state index contributed by atoms with van der Waals surface area (Å²) in [5.41, 5.74) is 9.48. The first kappa shape index (κ1) is 18.0. The quantitative estimate of drug-likeness (QED) is 0.644. The van der Waals surface area contributed by atoms with E-state index >= 15 is 0 Å². The zero-order chi connectivity index (χ0) is 17.5. The predicted octanol–water partition coefficient (Wildman–Crippen LogP) is 2.67. The Hall–Kier alpha value is -2.34. The fourth-order valence-corrected chi connectivity index (χ4v) is 2.62. The Labute approximate surface area is 143 Å². The Morgan fingerprint density at radius 1 is 1.29 bits per heavy atom. The monoisotopic (exact) mass is 330 g/mol. The molecule has 0 unspecified atom stereocenters. The second kappa shape index (κ2) is 8.49. The summed E-state index contributed by atoms with van der Waals surface area (Å²) >= 11 is 0. The van der Waals surface area contributed by atoms with Crippen molar-refractivity contribution in [3.63, 3.8) is 0 Å². The molecular formula is C18H26N4O2. The third-order valence-corrected chi connectivity index (χ3v) is 3.95. The number of rotatable bonds is 8. The Balaban J connectivity index is 2.37. The van der Waals surface area contributed by atoms with E-state index in [1.807, 2.05) is 25.1 Å². The smallest absolute Gasteiger partial charge is 0.222 e. The van der Waals surface area contributed by atoms with Gasteiger partial charge in [-0.15, -0.1) is 0 Å². The van der Waals surface area contributed by atoms with E-state index in [0.29, 0.717) is 6.42 Å². The number of hydrogen-bond donors (Lipinski definition) is 3. The summed E-state index contributed by atoms with van der Waals surface area (Å²) < 4.78 is 5.45. The van der Waals surface area contributed by atoms with E-state index in [2.05, 4.69) is 22.2 Å². The summed E-state index contributed by atoms with van der Waals surface area (Å²) in [7, 11) is 1.64. The summed E-state index contributed by atoms with van der Waals surface area (Å²) in [6.07, 6.45) is 2.78. The van der Waals surface area contributed by atoms with Gasteiger partial charge in [0.15, 0.2) is 0 Å². The van der Waals surface area contributed by atoms with Crippen molar-refractivity contribution in [1.82, 2.24) is 9.97 Å². The first-order chi connectivity index (χ1) is 11.6. The predicted molar refractivity (Wildman–Crippen MR) is 96.3 cm³/mol. The number of unbranched alkanes of at least 4 members (excludes halogenated alkanes) is 1. The van der Waals surface area contributed by atoms with Gasteiger partial charge in [0.2, 0.25) is 5.95 Å². The van der Waals surface area contributed by atoms with Gasteiger partial charge in [0.1, 0.15) is 11.6 Å². The van der Waals surface area contributed by atoms with Gasteiger partial charge >= 0.3 is 0 Å². The summed E-state index contributed by atoms with van der Waals surface area (Å²) in [6.45, 7) is 4.91.